The van der Waals surface area contributed by atoms with Crippen LogP contribution in [0.1, 0.15) is 6.42 Å². The van der Waals surface area contributed by atoms with Crippen LogP contribution in [-0.4, -0.2) is 57.5 Å². The number of benzene rings is 1. The first kappa shape index (κ1) is 18.3. The van der Waals surface area contributed by atoms with E-state index in [0.29, 0.717) is 29.4 Å². The lowest BCUT2D eigenvalue weighted by Crippen LogP contribution is -2.39. The fraction of sp³-hybridized carbons (Fsp3) is 0.533. The third-order valence-corrected chi connectivity index (χ3v) is 4.03. The molecule has 0 bridgehead atoms. The van der Waals surface area contributed by atoms with Gasteiger partial charge in [0.05, 0.1) is 21.3 Å². The molecule has 0 amide bonds. The van der Waals surface area contributed by atoms with Crippen molar-refractivity contribution < 1.29 is 24.1 Å². The van der Waals surface area contributed by atoms with E-state index >= 15 is 0 Å². The van der Waals surface area contributed by atoms with Crippen LogP contribution >= 0.6 is 11.8 Å². The SMILES string of the molecule is COc1cc(OC)c(N(C)[C@@H](CCSC)C(=O)O)c(OC)c1. The highest BCUT2D eigenvalue weighted by molar-refractivity contribution is 7.98. The minimum atomic E-state index is -0.878. The van der Waals surface area contributed by atoms with E-state index in [1.165, 1.54) is 14.2 Å². The number of rotatable bonds is 9. The molecule has 0 aromatic heterocycles. The summed E-state index contributed by atoms with van der Waals surface area (Å²) >= 11 is 1.61. The van der Waals surface area contributed by atoms with Crippen molar-refractivity contribution in [2.75, 3.05) is 45.3 Å². The molecule has 0 radical (unpaired) electrons. The minimum Gasteiger partial charge on any atom is -0.496 e. The monoisotopic (exact) mass is 329 g/mol. The third kappa shape index (κ3) is 4.13. The third-order valence-electron chi connectivity index (χ3n) is 3.39. The summed E-state index contributed by atoms with van der Waals surface area (Å²) in [5.41, 5.74) is 0.597. The van der Waals surface area contributed by atoms with Crippen LogP contribution in [0.3, 0.4) is 0 Å². The summed E-state index contributed by atoms with van der Waals surface area (Å²) in [5, 5.41) is 9.50. The fourth-order valence-corrected chi connectivity index (χ4v) is 2.66. The van der Waals surface area contributed by atoms with Gasteiger partial charge in [0.1, 0.15) is 29.0 Å². The highest BCUT2D eigenvalue weighted by Crippen LogP contribution is 2.42. The Kier molecular flexibility index (Phi) is 7.17. The first-order valence-electron chi connectivity index (χ1n) is 6.74. The Morgan fingerprint density at radius 1 is 1.23 bits per heavy atom. The topological polar surface area (TPSA) is 68.2 Å². The van der Waals surface area contributed by atoms with E-state index in [2.05, 4.69) is 0 Å². The second-order valence-electron chi connectivity index (χ2n) is 4.63. The Morgan fingerprint density at radius 2 is 1.77 bits per heavy atom. The van der Waals surface area contributed by atoms with Crippen molar-refractivity contribution in [3.8, 4) is 17.2 Å². The van der Waals surface area contributed by atoms with E-state index < -0.39 is 12.0 Å². The summed E-state index contributed by atoms with van der Waals surface area (Å²) in [6.07, 6.45) is 2.47. The number of hydrogen-bond acceptors (Lipinski definition) is 6. The van der Waals surface area contributed by atoms with Gasteiger partial charge in [-0.25, -0.2) is 4.79 Å². The largest absolute Gasteiger partial charge is 0.496 e. The number of aliphatic carboxylic acids is 1. The van der Waals surface area contributed by atoms with Crippen molar-refractivity contribution in [3.05, 3.63) is 12.1 Å². The molecule has 0 saturated heterocycles. The number of likely N-dealkylation sites (N-methyl/N-ethyl adjacent to an activating group) is 1. The van der Waals surface area contributed by atoms with Gasteiger partial charge in [0, 0.05) is 19.2 Å². The number of carboxylic acids is 1. The van der Waals surface area contributed by atoms with Gasteiger partial charge in [-0.1, -0.05) is 0 Å². The summed E-state index contributed by atoms with van der Waals surface area (Å²) in [4.78, 5) is 13.3. The molecule has 1 N–H and O–H groups in total. The summed E-state index contributed by atoms with van der Waals surface area (Å²) in [6.45, 7) is 0. The molecule has 0 aliphatic heterocycles. The van der Waals surface area contributed by atoms with Gasteiger partial charge in [0.2, 0.25) is 0 Å². The molecule has 1 atom stereocenters. The number of anilines is 1. The standard InChI is InChI=1S/C15H23NO5S/c1-16(11(15(17)18)6-7-22-5)14-12(20-3)8-10(19-2)9-13(14)21-4/h8-9,11H,6-7H2,1-5H3,(H,17,18)/t11-/m0/s1. The fourth-order valence-electron chi connectivity index (χ4n) is 2.20. The zero-order chi connectivity index (χ0) is 16.7. The average Bonchev–Trinajstić information content (AvgIpc) is 2.53. The second-order valence-corrected chi connectivity index (χ2v) is 5.61. The molecule has 1 aromatic rings. The predicted octanol–water partition coefficient (Wildman–Crippen LogP) is 2.35. The van der Waals surface area contributed by atoms with Crippen molar-refractivity contribution in [1.29, 1.82) is 0 Å². The maximum Gasteiger partial charge on any atom is 0.326 e. The van der Waals surface area contributed by atoms with Crippen LogP contribution in [0.5, 0.6) is 17.2 Å². The van der Waals surface area contributed by atoms with Gasteiger partial charge in [-0.2, -0.15) is 11.8 Å². The highest BCUT2D eigenvalue weighted by atomic mass is 32.2. The number of methoxy groups -OCH3 is 3. The zero-order valence-corrected chi connectivity index (χ0v) is 14.4. The van der Waals surface area contributed by atoms with E-state index in [4.69, 9.17) is 14.2 Å². The number of carbonyl (C=O) groups is 1. The van der Waals surface area contributed by atoms with E-state index in [1.807, 2.05) is 6.26 Å². The molecule has 0 spiro atoms. The summed E-state index contributed by atoms with van der Waals surface area (Å²) < 4.78 is 16.0. The second kappa shape index (κ2) is 8.63. The van der Waals surface area contributed by atoms with Crippen LogP contribution in [0.15, 0.2) is 12.1 Å². The quantitative estimate of drug-likeness (QED) is 0.746. The first-order valence-corrected chi connectivity index (χ1v) is 8.14. The molecule has 0 heterocycles. The lowest BCUT2D eigenvalue weighted by Gasteiger charge is -2.29. The summed E-state index contributed by atoms with van der Waals surface area (Å²) in [7, 11) is 6.34. The van der Waals surface area contributed by atoms with Crippen molar-refractivity contribution in [2.45, 2.75) is 12.5 Å². The first-order chi connectivity index (χ1) is 10.5. The molecule has 1 aromatic carbocycles. The lowest BCUT2D eigenvalue weighted by molar-refractivity contribution is -0.138. The van der Waals surface area contributed by atoms with Gasteiger partial charge < -0.3 is 24.2 Å². The Morgan fingerprint density at radius 3 is 2.14 bits per heavy atom. The van der Waals surface area contributed by atoms with Crippen molar-refractivity contribution in [2.24, 2.45) is 0 Å². The van der Waals surface area contributed by atoms with Crippen LogP contribution in [0, 0.1) is 0 Å². The van der Waals surface area contributed by atoms with E-state index in [9.17, 15) is 9.90 Å². The van der Waals surface area contributed by atoms with Gasteiger partial charge in [0.15, 0.2) is 0 Å². The smallest absolute Gasteiger partial charge is 0.326 e. The van der Waals surface area contributed by atoms with Crippen LogP contribution in [0.25, 0.3) is 0 Å². The molecule has 0 aliphatic carbocycles. The molecule has 0 fully saturated rings. The molecular weight excluding hydrogens is 306 g/mol. The predicted molar refractivity (Wildman–Crippen MR) is 88.9 cm³/mol. The maximum absolute atomic E-state index is 11.6. The number of hydrogen-bond donors (Lipinski definition) is 1. The van der Waals surface area contributed by atoms with Gasteiger partial charge in [-0.05, 0) is 18.4 Å². The molecule has 1 rings (SSSR count). The Bertz CT molecular complexity index is 484. The highest BCUT2D eigenvalue weighted by Gasteiger charge is 2.27. The number of ether oxygens (including phenoxy) is 3. The summed E-state index contributed by atoms with van der Waals surface area (Å²) in [6, 6.07) is 2.76. The van der Waals surface area contributed by atoms with Crippen LogP contribution in [0.4, 0.5) is 5.69 Å². The molecule has 0 aliphatic rings. The zero-order valence-electron chi connectivity index (χ0n) is 13.6. The van der Waals surface area contributed by atoms with Gasteiger partial charge in [-0.3, -0.25) is 0 Å². The molecule has 0 unspecified atom stereocenters. The van der Waals surface area contributed by atoms with Gasteiger partial charge in [0.25, 0.3) is 0 Å². The van der Waals surface area contributed by atoms with Crippen molar-refractivity contribution in [3.63, 3.8) is 0 Å². The molecule has 22 heavy (non-hydrogen) atoms. The Hall–Kier alpha value is -1.76. The van der Waals surface area contributed by atoms with E-state index in [0.717, 1.165) is 5.75 Å². The Labute approximate surface area is 135 Å². The van der Waals surface area contributed by atoms with Crippen molar-refractivity contribution >= 4 is 23.4 Å². The molecule has 124 valence electrons. The summed E-state index contributed by atoms with van der Waals surface area (Å²) in [5.74, 6) is 1.48. The van der Waals surface area contributed by atoms with Gasteiger partial charge in [-0.15, -0.1) is 0 Å². The average molecular weight is 329 g/mol. The van der Waals surface area contributed by atoms with Crippen LogP contribution in [0.2, 0.25) is 0 Å². The number of carboxylic acid groups (broad SMARTS) is 1. The number of nitrogens with zero attached hydrogens (tertiary/aromatic N) is 1. The normalized spacial score (nSPS) is 11.7. The van der Waals surface area contributed by atoms with E-state index in [-0.39, 0.29) is 0 Å². The molecule has 0 saturated carbocycles. The minimum absolute atomic E-state index is 0.508. The molecule has 6 nitrogen and oxygen atoms in total. The van der Waals surface area contributed by atoms with Gasteiger partial charge >= 0.3 is 5.97 Å². The molecule has 7 heteroatoms. The molecular formula is C15H23NO5S. The van der Waals surface area contributed by atoms with E-state index in [1.54, 1.807) is 43.0 Å². The lowest BCUT2D eigenvalue weighted by atomic mass is 10.1. The van der Waals surface area contributed by atoms with Crippen molar-refractivity contribution in [1.82, 2.24) is 0 Å². The Balaban J connectivity index is 3.29. The van der Waals surface area contributed by atoms with Crippen LogP contribution in [-0.2, 0) is 4.79 Å². The number of thioether (sulfide) groups is 1. The van der Waals surface area contributed by atoms with Crippen LogP contribution < -0.4 is 19.1 Å². The maximum atomic E-state index is 11.6.